The second kappa shape index (κ2) is 9.40. The Kier molecular flexibility index (Phi) is 6.41. The van der Waals surface area contributed by atoms with Crippen LogP contribution in [0.15, 0.2) is 59.5 Å². The van der Waals surface area contributed by atoms with Crippen molar-refractivity contribution in [2.24, 2.45) is 11.8 Å². The van der Waals surface area contributed by atoms with Crippen LogP contribution in [0.1, 0.15) is 29.3 Å². The summed E-state index contributed by atoms with van der Waals surface area (Å²) in [6.45, 7) is 2.24. The fourth-order valence-corrected chi connectivity index (χ4v) is 4.30. The van der Waals surface area contributed by atoms with Crippen LogP contribution in [0.5, 0.6) is 0 Å². The van der Waals surface area contributed by atoms with Gasteiger partial charge in [-0.2, -0.15) is 0 Å². The third-order valence-corrected chi connectivity index (χ3v) is 6.34. The van der Waals surface area contributed by atoms with Crippen LogP contribution in [0.4, 0.5) is 10.5 Å². The van der Waals surface area contributed by atoms with E-state index in [1.54, 1.807) is 30.3 Å². The SMILES string of the molecule is CC1CC1C(=O)Nc1cccc(C(=O)NCCN2C(=O)S/C(=C\c3ccccc3)C2=O)c1. The third-order valence-electron chi connectivity index (χ3n) is 5.43. The summed E-state index contributed by atoms with van der Waals surface area (Å²) in [4.78, 5) is 50.9. The van der Waals surface area contributed by atoms with Gasteiger partial charge in [0, 0.05) is 30.3 Å². The smallest absolute Gasteiger partial charge is 0.293 e. The highest BCUT2D eigenvalue weighted by Crippen LogP contribution is 2.38. The molecular weight excluding hydrogens is 426 g/mol. The molecule has 2 atom stereocenters. The molecule has 1 aliphatic heterocycles. The molecule has 164 valence electrons. The minimum atomic E-state index is -0.364. The maximum absolute atomic E-state index is 12.6. The molecule has 2 aromatic rings. The van der Waals surface area contributed by atoms with Crippen LogP contribution in [-0.2, 0) is 9.59 Å². The molecule has 2 fully saturated rings. The van der Waals surface area contributed by atoms with Crippen molar-refractivity contribution in [1.29, 1.82) is 0 Å². The van der Waals surface area contributed by atoms with Crippen LogP contribution in [0.2, 0.25) is 0 Å². The summed E-state index contributed by atoms with van der Waals surface area (Å²) in [7, 11) is 0. The third kappa shape index (κ3) is 5.08. The second-order valence-corrected chi connectivity index (χ2v) is 8.88. The first-order chi connectivity index (χ1) is 15.4. The summed E-state index contributed by atoms with van der Waals surface area (Å²) in [6.07, 6.45) is 2.58. The Bertz CT molecular complexity index is 1100. The molecule has 1 aliphatic carbocycles. The molecule has 7 nitrogen and oxygen atoms in total. The first kappa shape index (κ1) is 21.8. The standard InChI is InChI=1S/C24H23N3O4S/c1-15-12-19(15)22(29)26-18-9-5-8-17(14-18)21(28)25-10-11-27-23(30)20(32-24(27)31)13-16-6-3-2-4-7-16/h2-9,13-15,19H,10-12H2,1H3,(H,25,28)(H,26,29)/b20-13-. The lowest BCUT2D eigenvalue weighted by Gasteiger charge is -2.13. The van der Waals surface area contributed by atoms with E-state index < -0.39 is 0 Å². The van der Waals surface area contributed by atoms with Gasteiger partial charge in [0.1, 0.15) is 0 Å². The Labute approximate surface area is 190 Å². The molecule has 2 aromatic carbocycles. The van der Waals surface area contributed by atoms with E-state index in [0.29, 0.717) is 22.1 Å². The monoisotopic (exact) mass is 449 g/mol. The Balaban J connectivity index is 1.30. The van der Waals surface area contributed by atoms with Crippen molar-refractivity contribution in [2.45, 2.75) is 13.3 Å². The molecule has 1 saturated carbocycles. The van der Waals surface area contributed by atoms with Crippen LogP contribution in [0, 0.1) is 11.8 Å². The van der Waals surface area contributed by atoms with Crippen LogP contribution < -0.4 is 10.6 Å². The van der Waals surface area contributed by atoms with Gasteiger partial charge in [-0.25, -0.2) is 0 Å². The fourth-order valence-electron chi connectivity index (χ4n) is 3.44. The Morgan fingerprint density at radius 3 is 2.59 bits per heavy atom. The van der Waals surface area contributed by atoms with Gasteiger partial charge >= 0.3 is 0 Å². The molecule has 0 bridgehead atoms. The Morgan fingerprint density at radius 2 is 1.88 bits per heavy atom. The number of benzene rings is 2. The van der Waals surface area contributed by atoms with Crippen molar-refractivity contribution in [3.63, 3.8) is 0 Å². The van der Waals surface area contributed by atoms with Crippen LogP contribution in [-0.4, -0.2) is 41.0 Å². The van der Waals surface area contributed by atoms with E-state index in [9.17, 15) is 19.2 Å². The molecule has 0 radical (unpaired) electrons. The number of amides is 4. The van der Waals surface area contributed by atoms with Crippen molar-refractivity contribution >= 4 is 46.5 Å². The normalized spacial score (nSPS) is 21.0. The average Bonchev–Trinajstić information content (AvgIpc) is 3.47. The lowest BCUT2D eigenvalue weighted by molar-refractivity contribution is -0.122. The topological polar surface area (TPSA) is 95.6 Å². The molecular formula is C24H23N3O4S. The highest BCUT2D eigenvalue weighted by atomic mass is 32.2. The van der Waals surface area contributed by atoms with Gasteiger partial charge in [0.15, 0.2) is 0 Å². The van der Waals surface area contributed by atoms with E-state index in [1.807, 2.05) is 37.3 Å². The minimum Gasteiger partial charge on any atom is -0.350 e. The number of hydrogen-bond acceptors (Lipinski definition) is 5. The zero-order chi connectivity index (χ0) is 22.7. The van der Waals surface area contributed by atoms with Crippen LogP contribution >= 0.6 is 11.8 Å². The molecule has 1 saturated heterocycles. The summed E-state index contributed by atoms with van der Waals surface area (Å²) < 4.78 is 0. The van der Waals surface area contributed by atoms with Gasteiger partial charge in [-0.3, -0.25) is 24.1 Å². The zero-order valence-electron chi connectivity index (χ0n) is 17.5. The molecule has 32 heavy (non-hydrogen) atoms. The molecule has 4 amide bonds. The molecule has 0 aromatic heterocycles. The van der Waals surface area contributed by atoms with Crippen LogP contribution in [0.25, 0.3) is 6.08 Å². The fraction of sp³-hybridized carbons (Fsp3) is 0.250. The van der Waals surface area contributed by atoms with E-state index in [-0.39, 0.29) is 42.0 Å². The van der Waals surface area contributed by atoms with Crippen molar-refractivity contribution in [1.82, 2.24) is 10.2 Å². The Morgan fingerprint density at radius 1 is 1.12 bits per heavy atom. The molecule has 1 heterocycles. The summed E-state index contributed by atoms with van der Waals surface area (Å²) in [5.41, 5.74) is 1.80. The van der Waals surface area contributed by atoms with E-state index in [1.165, 1.54) is 0 Å². The molecule has 2 aliphatic rings. The number of hydrogen-bond donors (Lipinski definition) is 2. The number of nitrogens with zero attached hydrogens (tertiary/aromatic N) is 1. The lowest BCUT2D eigenvalue weighted by Crippen LogP contribution is -2.37. The van der Waals surface area contributed by atoms with Crippen molar-refractivity contribution in [3.05, 3.63) is 70.6 Å². The predicted molar refractivity (Wildman–Crippen MR) is 124 cm³/mol. The van der Waals surface area contributed by atoms with E-state index in [2.05, 4.69) is 10.6 Å². The van der Waals surface area contributed by atoms with Crippen molar-refractivity contribution in [2.75, 3.05) is 18.4 Å². The van der Waals surface area contributed by atoms with Gasteiger partial charge in [-0.15, -0.1) is 0 Å². The highest BCUT2D eigenvalue weighted by molar-refractivity contribution is 8.18. The number of anilines is 1. The van der Waals surface area contributed by atoms with Gasteiger partial charge < -0.3 is 10.6 Å². The molecule has 0 spiro atoms. The van der Waals surface area contributed by atoms with Gasteiger partial charge in [-0.05, 0) is 53.9 Å². The first-order valence-corrected chi connectivity index (χ1v) is 11.2. The number of rotatable bonds is 7. The van der Waals surface area contributed by atoms with E-state index >= 15 is 0 Å². The van der Waals surface area contributed by atoms with Crippen LogP contribution in [0.3, 0.4) is 0 Å². The number of carbonyl (C=O) groups is 4. The first-order valence-electron chi connectivity index (χ1n) is 10.4. The maximum atomic E-state index is 12.6. The van der Waals surface area contributed by atoms with E-state index in [0.717, 1.165) is 28.6 Å². The quantitative estimate of drug-likeness (QED) is 0.628. The number of nitrogens with one attached hydrogen (secondary N) is 2. The second-order valence-electron chi connectivity index (χ2n) is 7.89. The Hall–Kier alpha value is -3.39. The van der Waals surface area contributed by atoms with Crippen molar-refractivity contribution < 1.29 is 19.2 Å². The number of carbonyl (C=O) groups excluding carboxylic acids is 4. The van der Waals surface area contributed by atoms with Gasteiger partial charge in [0.25, 0.3) is 17.1 Å². The number of imide groups is 1. The van der Waals surface area contributed by atoms with Gasteiger partial charge in [-0.1, -0.05) is 43.3 Å². The van der Waals surface area contributed by atoms with Crippen molar-refractivity contribution in [3.8, 4) is 0 Å². The predicted octanol–water partition coefficient (Wildman–Crippen LogP) is 3.75. The van der Waals surface area contributed by atoms with Gasteiger partial charge in [0.2, 0.25) is 5.91 Å². The average molecular weight is 450 g/mol. The zero-order valence-corrected chi connectivity index (χ0v) is 18.4. The maximum Gasteiger partial charge on any atom is 0.293 e. The highest BCUT2D eigenvalue weighted by Gasteiger charge is 2.39. The summed E-state index contributed by atoms with van der Waals surface area (Å²) >= 11 is 0.893. The molecule has 4 rings (SSSR count). The molecule has 8 heteroatoms. The summed E-state index contributed by atoms with van der Waals surface area (Å²) in [5, 5.41) is 5.21. The molecule has 2 N–H and O–H groups in total. The largest absolute Gasteiger partial charge is 0.350 e. The minimum absolute atomic E-state index is 0.0296. The number of thioether (sulfide) groups is 1. The van der Waals surface area contributed by atoms with E-state index in [4.69, 9.17) is 0 Å². The summed E-state index contributed by atoms with van der Waals surface area (Å²) in [6, 6.07) is 16.0. The van der Waals surface area contributed by atoms with Gasteiger partial charge in [0.05, 0.1) is 4.91 Å². The molecule has 2 unspecified atom stereocenters. The lowest BCUT2D eigenvalue weighted by atomic mass is 10.2. The summed E-state index contributed by atoms with van der Waals surface area (Å²) in [5.74, 6) is -0.289.